The van der Waals surface area contributed by atoms with Gasteiger partial charge in [0.1, 0.15) is 11.6 Å². The summed E-state index contributed by atoms with van der Waals surface area (Å²) in [6.07, 6.45) is 3.23. The lowest BCUT2D eigenvalue weighted by molar-refractivity contribution is 0.156. The van der Waals surface area contributed by atoms with Crippen molar-refractivity contribution in [3.63, 3.8) is 0 Å². The summed E-state index contributed by atoms with van der Waals surface area (Å²) in [6, 6.07) is 14.3. The minimum Gasteiger partial charge on any atom is -0.497 e. The van der Waals surface area contributed by atoms with Crippen LogP contribution in [0, 0.1) is 5.82 Å². The molecule has 6 nitrogen and oxygen atoms in total. The molecule has 0 atom stereocenters. The second-order valence-corrected chi connectivity index (χ2v) is 7.19. The van der Waals surface area contributed by atoms with Crippen LogP contribution in [-0.4, -0.2) is 62.7 Å². The topological polar surface area (TPSA) is 68.0 Å². The third-order valence-corrected chi connectivity index (χ3v) is 5.24. The zero-order chi connectivity index (χ0) is 22.5. The molecule has 1 aromatic heterocycles. The first-order chi connectivity index (χ1) is 15.2. The van der Waals surface area contributed by atoms with E-state index >= 15 is 0 Å². The summed E-state index contributed by atoms with van der Waals surface area (Å²) in [6.45, 7) is 4.05. The van der Waals surface area contributed by atoms with Crippen molar-refractivity contribution in [3.8, 4) is 5.75 Å². The van der Waals surface area contributed by atoms with Gasteiger partial charge in [-0.15, -0.1) is 0 Å². The van der Waals surface area contributed by atoms with E-state index in [9.17, 15) is 4.39 Å². The van der Waals surface area contributed by atoms with Gasteiger partial charge in [0.05, 0.1) is 12.8 Å². The van der Waals surface area contributed by atoms with Gasteiger partial charge in [0, 0.05) is 44.7 Å². The highest BCUT2D eigenvalue weighted by Crippen LogP contribution is 2.32. The van der Waals surface area contributed by atoms with Gasteiger partial charge in [0.2, 0.25) is 0 Å². The standard InChI is InChI=1S/C16H21FN2O2.C7H8O.CH4O/c1-20-10-2-7-19-8-5-12(6-9-19)16-14-4-3-13(17)11-15(14)21-18-16;1-8-7-5-3-2-4-6-7;1-2/h3-4,11-12H,2,5-10H2,1H3;2-6H,1H3;2H,1H3. The van der Waals surface area contributed by atoms with Gasteiger partial charge in [-0.3, -0.25) is 0 Å². The Hall–Kier alpha value is -2.48. The maximum absolute atomic E-state index is 13.2. The maximum atomic E-state index is 13.2. The molecule has 1 saturated heterocycles. The number of methoxy groups -OCH3 is 2. The summed E-state index contributed by atoms with van der Waals surface area (Å²) >= 11 is 0. The van der Waals surface area contributed by atoms with E-state index in [-0.39, 0.29) is 5.82 Å². The van der Waals surface area contributed by atoms with Crippen LogP contribution in [0.5, 0.6) is 5.75 Å². The van der Waals surface area contributed by atoms with E-state index < -0.39 is 0 Å². The van der Waals surface area contributed by atoms with E-state index in [1.165, 1.54) is 12.1 Å². The van der Waals surface area contributed by atoms with Gasteiger partial charge in [-0.05, 0) is 56.6 Å². The molecule has 0 bridgehead atoms. The Morgan fingerprint density at radius 1 is 1.10 bits per heavy atom. The van der Waals surface area contributed by atoms with Crippen LogP contribution in [0.4, 0.5) is 4.39 Å². The fourth-order valence-corrected chi connectivity index (χ4v) is 3.64. The highest BCUT2D eigenvalue weighted by molar-refractivity contribution is 5.79. The van der Waals surface area contributed by atoms with Crippen molar-refractivity contribution in [1.29, 1.82) is 0 Å². The molecule has 1 aliphatic rings. The molecule has 2 aromatic carbocycles. The van der Waals surface area contributed by atoms with Crippen molar-refractivity contribution < 1.29 is 23.5 Å². The largest absolute Gasteiger partial charge is 0.497 e. The SMILES string of the molecule is CO.COCCCN1CCC(c2noc3cc(F)ccc23)CC1.COc1ccccc1. The van der Waals surface area contributed by atoms with Crippen LogP contribution < -0.4 is 4.74 Å². The lowest BCUT2D eigenvalue weighted by atomic mass is 9.91. The average Bonchev–Trinajstić information content (AvgIpc) is 3.25. The van der Waals surface area contributed by atoms with E-state index in [0.717, 1.165) is 69.4 Å². The van der Waals surface area contributed by atoms with E-state index in [1.54, 1.807) is 20.3 Å². The molecular weight excluding hydrogens is 399 g/mol. The number of aromatic nitrogens is 1. The number of likely N-dealkylation sites (tertiary alicyclic amines) is 1. The van der Waals surface area contributed by atoms with Crippen LogP contribution >= 0.6 is 0 Å². The van der Waals surface area contributed by atoms with Crippen molar-refractivity contribution in [3.05, 3.63) is 60.0 Å². The van der Waals surface area contributed by atoms with Crippen LogP contribution in [0.3, 0.4) is 0 Å². The van der Waals surface area contributed by atoms with Crippen LogP contribution in [0.15, 0.2) is 53.1 Å². The van der Waals surface area contributed by atoms with Gasteiger partial charge in [-0.1, -0.05) is 23.4 Å². The number of aliphatic hydroxyl groups excluding tert-OH is 1. The summed E-state index contributed by atoms with van der Waals surface area (Å²) in [5.74, 6) is 1.04. The molecule has 0 saturated carbocycles. The Balaban J connectivity index is 0.000000286. The van der Waals surface area contributed by atoms with Gasteiger partial charge in [0.25, 0.3) is 0 Å². The molecule has 3 aromatic rings. The second-order valence-electron chi connectivity index (χ2n) is 7.19. The Bertz CT molecular complexity index is 864. The first kappa shape index (κ1) is 24.8. The molecule has 170 valence electrons. The molecule has 31 heavy (non-hydrogen) atoms. The number of hydrogen-bond donors (Lipinski definition) is 1. The predicted octanol–water partition coefficient (Wildman–Crippen LogP) is 4.49. The average molecular weight is 433 g/mol. The van der Waals surface area contributed by atoms with E-state index in [2.05, 4.69) is 10.1 Å². The van der Waals surface area contributed by atoms with Gasteiger partial charge >= 0.3 is 0 Å². The zero-order valence-electron chi connectivity index (χ0n) is 18.6. The number of nitrogens with zero attached hydrogens (tertiary/aromatic N) is 2. The van der Waals surface area contributed by atoms with Crippen LogP contribution in [-0.2, 0) is 4.74 Å². The fraction of sp³-hybridized carbons (Fsp3) is 0.458. The molecule has 1 aliphatic heterocycles. The number of piperidine rings is 1. The minimum absolute atomic E-state index is 0.279. The number of benzene rings is 2. The van der Waals surface area contributed by atoms with Gasteiger partial charge in [0.15, 0.2) is 5.58 Å². The van der Waals surface area contributed by atoms with E-state index in [1.807, 2.05) is 30.3 Å². The summed E-state index contributed by atoms with van der Waals surface area (Å²) in [5, 5.41) is 12.1. The quantitative estimate of drug-likeness (QED) is 0.579. The van der Waals surface area contributed by atoms with E-state index in [4.69, 9.17) is 19.1 Å². The predicted molar refractivity (Wildman–Crippen MR) is 120 cm³/mol. The number of hydrogen-bond acceptors (Lipinski definition) is 6. The van der Waals surface area contributed by atoms with Gasteiger partial charge in [-0.25, -0.2) is 4.39 Å². The molecule has 0 radical (unpaired) electrons. The summed E-state index contributed by atoms with van der Waals surface area (Å²) in [5.41, 5.74) is 1.54. The third kappa shape index (κ3) is 7.61. The fourth-order valence-electron chi connectivity index (χ4n) is 3.64. The Kier molecular flexibility index (Phi) is 11.0. The van der Waals surface area contributed by atoms with Crippen LogP contribution in [0.25, 0.3) is 11.0 Å². The van der Waals surface area contributed by atoms with Crippen LogP contribution in [0.1, 0.15) is 30.9 Å². The number of rotatable bonds is 6. The van der Waals surface area contributed by atoms with Crippen molar-refractivity contribution in [2.75, 3.05) is 47.6 Å². The lowest BCUT2D eigenvalue weighted by Gasteiger charge is -2.31. The number of para-hydroxylation sites is 1. The van der Waals surface area contributed by atoms with Gasteiger partial charge < -0.3 is 24.0 Å². The zero-order valence-corrected chi connectivity index (χ0v) is 18.6. The molecule has 0 amide bonds. The molecule has 0 aliphatic carbocycles. The third-order valence-electron chi connectivity index (χ3n) is 5.24. The van der Waals surface area contributed by atoms with Crippen molar-refractivity contribution in [2.24, 2.45) is 0 Å². The highest BCUT2D eigenvalue weighted by atomic mass is 19.1. The molecule has 4 rings (SSSR count). The number of ether oxygens (including phenoxy) is 2. The number of aliphatic hydroxyl groups is 1. The monoisotopic (exact) mass is 432 g/mol. The molecule has 2 heterocycles. The lowest BCUT2D eigenvalue weighted by Crippen LogP contribution is -2.34. The minimum atomic E-state index is -0.279. The van der Waals surface area contributed by atoms with Crippen molar-refractivity contribution >= 4 is 11.0 Å². The molecule has 7 heteroatoms. The Labute approximate surface area is 183 Å². The highest BCUT2D eigenvalue weighted by Gasteiger charge is 2.24. The van der Waals surface area contributed by atoms with Crippen molar-refractivity contribution in [2.45, 2.75) is 25.2 Å². The Morgan fingerprint density at radius 2 is 1.81 bits per heavy atom. The number of halogens is 1. The maximum Gasteiger partial charge on any atom is 0.170 e. The second kappa shape index (κ2) is 13.7. The van der Waals surface area contributed by atoms with Crippen LogP contribution in [0.2, 0.25) is 0 Å². The Morgan fingerprint density at radius 3 is 2.42 bits per heavy atom. The molecule has 0 spiro atoms. The van der Waals surface area contributed by atoms with Gasteiger partial charge in [-0.2, -0.15) is 0 Å². The molecular formula is C24H33FN2O4. The normalized spacial score (nSPS) is 14.4. The number of fused-ring (bicyclic) bond motifs is 1. The molecule has 0 unspecified atom stereocenters. The molecule has 1 fully saturated rings. The smallest absolute Gasteiger partial charge is 0.170 e. The van der Waals surface area contributed by atoms with E-state index in [0.29, 0.717) is 11.5 Å². The summed E-state index contributed by atoms with van der Waals surface area (Å²) < 4.78 is 28.5. The first-order valence-electron chi connectivity index (χ1n) is 10.5. The first-order valence-corrected chi connectivity index (χ1v) is 10.5. The molecule has 1 N–H and O–H groups in total. The summed E-state index contributed by atoms with van der Waals surface area (Å²) in [7, 11) is 4.40. The van der Waals surface area contributed by atoms with Crippen molar-refractivity contribution in [1.82, 2.24) is 10.1 Å². The summed E-state index contributed by atoms with van der Waals surface area (Å²) in [4.78, 5) is 2.47.